The molecule has 3 N–H and O–H groups in total. The zero-order valence-corrected chi connectivity index (χ0v) is 10.3. The van der Waals surface area contributed by atoms with Crippen LogP contribution in [0.25, 0.3) is 0 Å². The molecule has 2 aromatic rings. The van der Waals surface area contributed by atoms with E-state index in [0.29, 0.717) is 23.1 Å². The van der Waals surface area contributed by atoms with Gasteiger partial charge in [0.2, 0.25) is 0 Å². The summed E-state index contributed by atoms with van der Waals surface area (Å²) in [6, 6.07) is 10.0. The fourth-order valence-corrected chi connectivity index (χ4v) is 1.66. The second-order valence-electron chi connectivity index (χ2n) is 3.93. The number of benzene rings is 1. The largest absolute Gasteiger partial charge is 0.396 e. The van der Waals surface area contributed by atoms with E-state index >= 15 is 0 Å². The van der Waals surface area contributed by atoms with Gasteiger partial charge in [0, 0.05) is 12.7 Å². The van der Waals surface area contributed by atoms with Crippen LogP contribution in [0.3, 0.4) is 0 Å². The normalized spacial score (nSPS) is 10.2. The van der Waals surface area contributed by atoms with Crippen molar-refractivity contribution in [3.63, 3.8) is 0 Å². The Morgan fingerprint density at radius 2 is 2.00 bits per heavy atom. The van der Waals surface area contributed by atoms with Crippen LogP contribution in [0.15, 0.2) is 36.5 Å². The summed E-state index contributed by atoms with van der Waals surface area (Å²) in [5.74, 6) is 0.662. The summed E-state index contributed by atoms with van der Waals surface area (Å²) in [4.78, 5) is 4.14. The first-order valence-electron chi connectivity index (χ1n) is 5.35. The molecule has 3 nitrogen and oxygen atoms in total. The van der Waals surface area contributed by atoms with Gasteiger partial charge in [0.05, 0.1) is 10.7 Å². The molecule has 0 spiro atoms. The second kappa shape index (κ2) is 5.06. The molecule has 0 unspecified atom stereocenters. The van der Waals surface area contributed by atoms with E-state index in [1.807, 2.05) is 0 Å². The number of pyridine rings is 1. The van der Waals surface area contributed by atoms with E-state index in [1.54, 1.807) is 12.3 Å². The van der Waals surface area contributed by atoms with Crippen molar-refractivity contribution in [2.75, 3.05) is 11.1 Å². The van der Waals surface area contributed by atoms with Crippen molar-refractivity contribution < 1.29 is 0 Å². The minimum absolute atomic E-state index is 0.545. The quantitative estimate of drug-likeness (QED) is 0.876. The van der Waals surface area contributed by atoms with Crippen LogP contribution < -0.4 is 11.1 Å². The second-order valence-corrected chi connectivity index (χ2v) is 4.37. The van der Waals surface area contributed by atoms with Gasteiger partial charge in [-0.2, -0.15) is 0 Å². The monoisotopic (exact) mass is 247 g/mol. The lowest BCUT2D eigenvalue weighted by atomic mass is 10.1. The Morgan fingerprint density at radius 3 is 2.65 bits per heavy atom. The van der Waals surface area contributed by atoms with Crippen LogP contribution in [0, 0.1) is 6.92 Å². The zero-order chi connectivity index (χ0) is 12.3. The predicted molar refractivity (Wildman–Crippen MR) is 72.2 cm³/mol. The smallest absolute Gasteiger partial charge is 0.149 e. The lowest BCUT2D eigenvalue weighted by Gasteiger charge is -2.08. The molecule has 88 valence electrons. The molecule has 1 aromatic carbocycles. The zero-order valence-electron chi connectivity index (χ0n) is 9.57. The first-order valence-corrected chi connectivity index (χ1v) is 5.73. The molecule has 0 saturated heterocycles. The molecule has 0 aliphatic rings. The molecule has 17 heavy (non-hydrogen) atoms. The third kappa shape index (κ3) is 3.11. The van der Waals surface area contributed by atoms with Crippen molar-refractivity contribution >= 4 is 23.1 Å². The van der Waals surface area contributed by atoms with Crippen LogP contribution >= 0.6 is 11.6 Å². The van der Waals surface area contributed by atoms with Crippen LogP contribution in [-0.2, 0) is 6.54 Å². The fourth-order valence-electron chi connectivity index (χ4n) is 1.49. The molecule has 0 radical (unpaired) electrons. The Kier molecular flexibility index (Phi) is 3.49. The summed E-state index contributed by atoms with van der Waals surface area (Å²) in [5.41, 5.74) is 8.79. The van der Waals surface area contributed by atoms with Crippen LogP contribution in [0.2, 0.25) is 5.02 Å². The molecular formula is C13H14ClN3. The number of nitrogens with one attached hydrogen (secondary N) is 1. The topological polar surface area (TPSA) is 50.9 Å². The van der Waals surface area contributed by atoms with E-state index in [0.717, 1.165) is 0 Å². The van der Waals surface area contributed by atoms with Gasteiger partial charge in [-0.3, -0.25) is 0 Å². The van der Waals surface area contributed by atoms with Gasteiger partial charge in [-0.15, -0.1) is 0 Å². The molecule has 0 bridgehead atoms. The average Bonchev–Trinajstić information content (AvgIpc) is 2.30. The Bertz CT molecular complexity index is 509. The van der Waals surface area contributed by atoms with Crippen LogP contribution in [0.1, 0.15) is 11.1 Å². The SMILES string of the molecule is Cc1ccc(CNc2ncc(Cl)cc2N)cc1. The molecule has 0 atom stereocenters. The standard InChI is InChI=1S/C13H14ClN3/c1-9-2-4-10(5-3-9)7-16-13-12(15)6-11(14)8-17-13/h2-6,8H,7,15H2,1H3,(H,16,17). The summed E-state index contributed by atoms with van der Waals surface area (Å²) in [6.45, 7) is 2.76. The Hall–Kier alpha value is -1.74. The Labute approximate surface area is 106 Å². The lowest BCUT2D eigenvalue weighted by Crippen LogP contribution is -2.04. The summed E-state index contributed by atoms with van der Waals surface area (Å²) in [7, 11) is 0. The number of aromatic nitrogens is 1. The number of rotatable bonds is 3. The molecular weight excluding hydrogens is 234 g/mol. The van der Waals surface area contributed by atoms with E-state index in [2.05, 4.69) is 41.5 Å². The number of nitrogens with two attached hydrogens (primary N) is 1. The average molecular weight is 248 g/mol. The highest BCUT2D eigenvalue weighted by Crippen LogP contribution is 2.19. The maximum absolute atomic E-state index is 5.80. The number of nitrogen functional groups attached to an aromatic ring is 1. The molecule has 0 saturated carbocycles. The maximum Gasteiger partial charge on any atom is 0.149 e. The van der Waals surface area contributed by atoms with Crippen LogP contribution in [0.4, 0.5) is 11.5 Å². The molecule has 0 amide bonds. The highest BCUT2D eigenvalue weighted by atomic mass is 35.5. The Balaban J connectivity index is 2.04. The van der Waals surface area contributed by atoms with Gasteiger partial charge < -0.3 is 11.1 Å². The minimum atomic E-state index is 0.545. The first-order chi connectivity index (χ1) is 8.15. The van der Waals surface area contributed by atoms with E-state index < -0.39 is 0 Å². The van der Waals surface area contributed by atoms with Crippen molar-refractivity contribution in [1.29, 1.82) is 0 Å². The molecule has 0 aliphatic heterocycles. The third-order valence-corrected chi connectivity index (χ3v) is 2.67. The Morgan fingerprint density at radius 1 is 1.29 bits per heavy atom. The van der Waals surface area contributed by atoms with Gasteiger partial charge in [0.1, 0.15) is 5.82 Å². The number of anilines is 2. The molecule has 1 heterocycles. The molecule has 1 aromatic heterocycles. The van der Waals surface area contributed by atoms with Crippen LogP contribution in [-0.4, -0.2) is 4.98 Å². The molecule has 2 rings (SSSR count). The number of halogens is 1. The van der Waals surface area contributed by atoms with Crippen molar-refractivity contribution in [3.8, 4) is 0 Å². The lowest BCUT2D eigenvalue weighted by molar-refractivity contribution is 1.11. The molecule has 0 fully saturated rings. The van der Waals surface area contributed by atoms with Gasteiger partial charge in [-0.1, -0.05) is 41.4 Å². The number of nitrogens with zero attached hydrogens (tertiary/aromatic N) is 1. The number of hydrogen-bond acceptors (Lipinski definition) is 3. The van der Waals surface area contributed by atoms with E-state index in [9.17, 15) is 0 Å². The van der Waals surface area contributed by atoms with Crippen molar-refractivity contribution in [2.24, 2.45) is 0 Å². The van der Waals surface area contributed by atoms with E-state index in [1.165, 1.54) is 11.1 Å². The molecule has 4 heteroatoms. The number of aryl methyl sites for hydroxylation is 1. The highest BCUT2D eigenvalue weighted by Gasteiger charge is 2.01. The van der Waals surface area contributed by atoms with Gasteiger partial charge in [-0.25, -0.2) is 4.98 Å². The van der Waals surface area contributed by atoms with E-state index in [4.69, 9.17) is 17.3 Å². The summed E-state index contributed by atoms with van der Waals surface area (Å²) in [5, 5.41) is 3.73. The van der Waals surface area contributed by atoms with Crippen molar-refractivity contribution in [1.82, 2.24) is 4.98 Å². The highest BCUT2D eigenvalue weighted by molar-refractivity contribution is 6.30. The minimum Gasteiger partial charge on any atom is -0.396 e. The maximum atomic E-state index is 5.80. The van der Waals surface area contributed by atoms with E-state index in [-0.39, 0.29) is 0 Å². The van der Waals surface area contributed by atoms with Gasteiger partial charge in [-0.05, 0) is 18.6 Å². The van der Waals surface area contributed by atoms with Gasteiger partial charge >= 0.3 is 0 Å². The van der Waals surface area contributed by atoms with Crippen molar-refractivity contribution in [3.05, 3.63) is 52.7 Å². The first kappa shape index (κ1) is 11.7. The van der Waals surface area contributed by atoms with Gasteiger partial charge in [0.15, 0.2) is 0 Å². The summed E-state index contributed by atoms with van der Waals surface area (Å²) < 4.78 is 0. The summed E-state index contributed by atoms with van der Waals surface area (Å²) >= 11 is 5.78. The molecule has 0 aliphatic carbocycles. The van der Waals surface area contributed by atoms with Gasteiger partial charge in [0.25, 0.3) is 0 Å². The van der Waals surface area contributed by atoms with Crippen molar-refractivity contribution in [2.45, 2.75) is 13.5 Å². The summed E-state index contributed by atoms with van der Waals surface area (Å²) in [6.07, 6.45) is 1.58. The third-order valence-electron chi connectivity index (χ3n) is 2.46. The van der Waals surface area contributed by atoms with Crippen LogP contribution in [0.5, 0.6) is 0 Å². The fraction of sp³-hybridized carbons (Fsp3) is 0.154. The number of hydrogen-bond donors (Lipinski definition) is 2. The predicted octanol–water partition coefficient (Wildman–Crippen LogP) is 3.24.